The van der Waals surface area contributed by atoms with Crippen LogP contribution in [0.4, 0.5) is 0 Å². The average Bonchev–Trinajstić information content (AvgIpc) is 2.46. The van der Waals surface area contributed by atoms with E-state index < -0.39 is 0 Å². The van der Waals surface area contributed by atoms with E-state index in [4.69, 9.17) is 21.4 Å². The van der Waals surface area contributed by atoms with Gasteiger partial charge >= 0.3 is 0 Å². The fraction of sp³-hybridized carbons (Fsp3) is 0.538. The van der Waals surface area contributed by atoms with Gasteiger partial charge < -0.3 is 14.1 Å². The molecule has 19 heavy (non-hydrogen) atoms. The summed E-state index contributed by atoms with van der Waals surface area (Å²) in [6.45, 7) is 2.08. The van der Waals surface area contributed by atoms with E-state index in [1.807, 2.05) is 0 Å². The third-order valence-corrected chi connectivity index (χ3v) is 4.57. The SMILES string of the molecule is COc1coc(CSC(=S)N2CCCCC2)cc1=O. The van der Waals surface area contributed by atoms with Crippen molar-refractivity contribution in [3.63, 3.8) is 0 Å². The maximum atomic E-state index is 11.6. The van der Waals surface area contributed by atoms with E-state index in [2.05, 4.69) is 4.90 Å². The lowest BCUT2D eigenvalue weighted by atomic mass is 10.1. The van der Waals surface area contributed by atoms with Crippen molar-refractivity contribution in [3.8, 4) is 5.75 Å². The van der Waals surface area contributed by atoms with Crippen molar-refractivity contribution in [2.45, 2.75) is 25.0 Å². The zero-order valence-electron chi connectivity index (χ0n) is 10.9. The standard InChI is InChI=1S/C13H17NO3S2/c1-16-12-8-17-10(7-11(12)15)9-19-13(18)14-5-3-2-4-6-14/h7-8H,2-6,9H2,1H3. The molecule has 1 aliphatic heterocycles. The molecule has 4 nitrogen and oxygen atoms in total. The first kappa shape index (κ1) is 14.4. The summed E-state index contributed by atoms with van der Waals surface area (Å²) in [7, 11) is 1.45. The first-order chi connectivity index (χ1) is 9.20. The van der Waals surface area contributed by atoms with E-state index in [1.54, 1.807) is 11.8 Å². The Balaban J connectivity index is 1.89. The van der Waals surface area contributed by atoms with Crippen LogP contribution in [0, 0.1) is 0 Å². The van der Waals surface area contributed by atoms with Gasteiger partial charge in [0.05, 0.1) is 12.9 Å². The molecule has 0 saturated carbocycles. The Morgan fingerprint density at radius 2 is 2.21 bits per heavy atom. The summed E-state index contributed by atoms with van der Waals surface area (Å²) in [5.74, 6) is 1.43. The molecule has 0 unspecified atom stereocenters. The molecule has 6 heteroatoms. The Morgan fingerprint density at radius 3 is 2.84 bits per heavy atom. The van der Waals surface area contributed by atoms with Crippen LogP contribution < -0.4 is 10.2 Å². The van der Waals surface area contributed by atoms with E-state index in [1.165, 1.54) is 38.7 Å². The summed E-state index contributed by atoms with van der Waals surface area (Å²) in [5.41, 5.74) is -0.159. The van der Waals surface area contributed by atoms with E-state index in [0.717, 1.165) is 17.4 Å². The Bertz CT molecular complexity index is 495. The molecular formula is C13H17NO3S2. The van der Waals surface area contributed by atoms with Crippen LogP contribution in [0.1, 0.15) is 25.0 Å². The molecule has 0 aromatic carbocycles. The van der Waals surface area contributed by atoms with E-state index in [-0.39, 0.29) is 11.2 Å². The number of rotatable bonds is 3. The maximum absolute atomic E-state index is 11.6. The van der Waals surface area contributed by atoms with Gasteiger partial charge in [0.1, 0.15) is 16.3 Å². The molecule has 0 amide bonds. The van der Waals surface area contributed by atoms with E-state index >= 15 is 0 Å². The fourth-order valence-corrected chi connectivity index (χ4v) is 3.11. The lowest BCUT2D eigenvalue weighted by Crippen LogP contribution is -2.32. The van der Waals surface area contributed by atoms with Gasteiger partial charge in [-0.25, -0.2) is 0 Å². The van der Waals surface area contributed by atoms with Gasteiger partial charge in [-0.1, -0.05) is 24.0 Å². The maximum Gasteiger partial charge on any atom is 0.227 e. The van der Waals surface area contributed by atoms with E-state index in [9.17, 15) is 4.79 Å². The molecule has 0 bridgehead atoms. The second-order valence-electron chi connectivity index (χ2n) is 4.38. The minimum Gasteiger partial charge on any atom is -0.490 e. The molecule has 0 spiro atoms. The topological polar surface area (TPSA) is 42.7 Å². The third-order valence-electron chi connectivity index (χ3n) is 3.02. The average molecular weight is 299 g/mol. The monoisotopic (exact) mass is 299 g/mol. The summed E-state index contributed by atoms with van der Waals surface area (Å²) in [6.07, 6.45) is 5.05. The predicted octanol–water partition coefficient (Wildman–Crippen LogP) is 2.65. The second-order valence-corrected chi connectivity index (χ2v) is 5.99. The number of hydrogen-bond donors (Lipinski definition) is 0. The van der Waals surface area contributed by atoms with Gasteiger partial charge in [-0.05, 0) is 19.3 Å². The zero-order valence-corrected chi connectivity index (χ0v) is 12.5. The molecule has 0 radical (unpaired) electrons. The first-order valence-electron chi connectivity index (χ1n) is 6.28. The summed E-state index contributed by atoms with van der Waals surface area (Å²) in [6, 6.07) is 1.46. The summed E-state index contributed by atoms with van der Waals surface area (Å²) < 4.78 is 11.1. The largest absolute Gasteiger partial charge is 0.490 e. The lowest BCUT2D eigenvalue weighted by molar-refractivity contribution is 0.352. The predicted molar refractivity (Wildman–Crippen MR) is 80.8 cm³/mol. The molecule has 2 rings (SSSR count). The van der Waals surface area contributed by atoms with Gasteiger partial charge in [0.25, 0.3) is 0 Å². The Labute approximate surface area is 122 Å². The smallest absolute Gasteiger partial charge is 0.227 e. The minimum atomic E-state index is -0.159. The van der Waals surface area contributed by atoms with Crippen LogP contribution in [0.3, 0.4) is 0 Å². The number of ether oxygens (including phenoxy) is 1. The van der Waals surface area contributed by atoms with Gasteiger partial charge in [0, 0.05) is 19.2 Å². The number of piperidine rings is 1. The van der Waals surface area contributed by atoms with Crippen LogP contribution in [0.25, 0.3) is 0 Å². The highest BCUT2D eigenvalue weighted by molar-refractivity contribution is 8.22. The third kappa shape index (κ3) is 3.98. The van der Waals surface area contributed by atoms with Gasteiger partial charge in [0.15, 0.2) is 0 Å². The number of thiocarbonyl (C=S) groups is 1. The van der Waals surface area contributed by atoms with Crippen molar-refractivity contribution >= 4 is 28.3 Å². The van der Waals surface area contributed by atoms with Crippen LogP contribution in [-0.4, -0.2) is 29.4 Å². The quantitative estimate of drug-likeness (QED) is 0.799. The normalized spacial score (nSPS) is 15.3. The Morgan fingerprint density at radius 1 is 1.47 bits per heavy atom. The highest BCUT2D eigenvalue weighted by Gasteiger charge is 2.14. The summed E-state index contributed by atoms with van der Waals surface area (Å²) in [5, 5.41) is 0. The summed E-state index contributed by atoms with van der Waals surface area (Å²) in [4.78, 5) is 13.8. The second kappa shape index (κ2) is 6.96. The molecule has 0 aliphatic carbocycles. The first-order valence-corrected chi connectivity index (χ1v) is 7.67. The highest BCUT2D eigenvalue weighted by atomic mass is 32.2. The van der Waals surface area contributed by atoms with Crippen molar-refractivity contribution in [3.05, 3.63) is 28.3 Å². The van der Waals surface area contributed by atoms with Crippen LogP contribution >= 0.6 is 24.0 Å². The Kier molecular flexibility index (Phi) is 5.27. The van der Waals surface area contributed by atoms with Crippen LogP contribution in [0.15, 0.2) is 21.5 Å². The zero-order chi connectivity index (χ0) is 13.7. The van der Waals surface area contributed by atoms with Crippen LogP contribution in [-0.2, 0) is 5.75 Å². The number of nitrogens with zero attached hydrogens (tertiary/aromatic N) is 1. The molecule has 1 aromatic rings. The molecule has 0 N–H and O–H groups in total. The molecular weight excluding hydrogens is 282 g/mol. The highest BCUT2D eigenvalue weighted by Crippen LogP contribution is 2.20. The number of methoxy groups -OCH3 is 1. The molecule has 0 atom stereocenters. The number of hydrogen-bond acceptors (Lipinski definition) is 5. The van der Waals surface area contributed by atoms with Crippen molar-refractivity contribution in [1.29, 1.82) is 0 Å². The molecule has 104 valence electrons. The van der Waals surface area contributed by atoms with Crippen molar-refractivity contribution in [2.75, 3.05) is 20.2 Å². The minimum absolute atomic E-state index is 0.159. The molecule has 1 aliphatic rings. The molecule has 1 fully saturated rings. The van der Waals surface area contributed by atoms with Crippen molar-refractivity contribution in [2.24, 2.45) is 0 Å². The summed E-state index contributed by atoms with van der Waals surface area (Å²) >= 11 is 6.94. The number of thioether (sulfide) groups is 1. The molecule has 2 heterocycles. The number of likely N-dealkylation sites (tertiary alicyclic amines) is 1. The molecule has 1 aromatic heterocycles. The lowest BCUT2D eigenvalue weighted by Gasteiger charge is -2.28. The van der Waals surface area contributed by atoms with Gasteiger partial charge in [0.2, 0.25) is 11.2 Å². The van der Waals surface area contributed by atoms with Gasteiger partial charge in [-0.3, -0.25) is 4.79 Å². The van der Waals surface area contributed by atoms with E-state index in [0.29, 0.717) is 11.5 Å². The van der Waals surface area contributed by atoms with Crippen LogP contribution in [0.2, 0.25) is 0 Å². The fourth-order valence-electron chi connectivity index (χ4n) is 1.96. The van der Waals surface area contributed by atoms with Gasteiger partial charge in [-0.15, -0.1) is 0 Å². The van der Waals surface area contributed by atoms with Crippen LogP contribution in [0.5, 0.6) is 5.75 Å². The van der Waals surface area contributed by atoms with Gasteiger partial charge in [-0.2, -0.15) is 0 Å². The Hall–Kier alpha value is -1.01. The van der Waals surface area contributed by atoms with Crippen molar-refractivity contribution in [1.82, 2.24) is 4.90 Å². The van der Waals surface area contributed by atoms with Crippen molar-refractivity contribution < 1.29 is 9.15 Å². The molecule has 1 saturated heterocycles.